The third-order valence-corrected chi connectivity index (χ3v) is 5.81. The Labute approximate surface area is 129 Å². The van der Waals surface area contributed by atoms with Crippen molar-refractivity contribution >= 4 is 5.91 Å². The van der Waals surface area contributed by atoms with Gasteiger partial charge in [-0.05, 0) is 51.0 Å². The van der Waals surface area contributed by atoms with E-state index in [2.05, 4.69) is 31.1 Å². The topological polar surface area (TPSA) is 58.4 Å². The van der Waals surface area contributed by atoms with Crippen LogP contribution in [0, 0.1) is 11.8 Å². The third-order valence-electron chi connectivity index (χ3n) is 5.81. The third kappa shape index (κ3) is 4.68. The number of nitrogens with one attached hydrogen (secondary N) is 1. The fraction of sp³-hybridized carbons (Fsp3) is 0.941. The van der Waals surface area contributed by atoms with Crippen LogP contribution in [0.2, 0.25) is 0 Å². The second-order valence-electron chi connectivity index (χ2n) is 7.43. The number of nitrogens with two attached hydrogens (primary N) is 1. The van der Waals surface area contributed by atoms with E-state index in [9.17, 15) is 4.79 Å². The van der Waals surface area contributed by atoms with E-state index in [1.807, 2.05) is 0 Å². The Kier molecular flexibility index (Phi) is 6.06. The fourth-order valence-electron chi connectivity index (χ4n) is 3.94. The molecule has 1 amide bonds. The summed E-state index contributed by atoms with van der Waals surface area (Å²) < 4.78 is 0. The van der Waals surface area contributed by atoms with E-state index in [1.54, 1.807) is 0 Å². The summed E-state index contributed by atoms with van der Waals surface area (Å²) in [4.78, 5) is 14.5. The van der Waals surface area contributed by atoms with E-state index in [0.717, 1.165) is 38.0 Å². The molecule has 0 heterocycles. The molecule has 2 rings (SSSR count). The molecule has 0 radical (unpaired) electrons. The molecule has 3 N–H and O–H groups in total. The zero-order chi connectivity index (χ0) is 15.4. The zero-order valence-corrected chi connectivity index (χ0v) is 14.0. The Hall–Kier alpha value is -0.610. The second-order valence-corrected chi connectivity index (χ2v) is 7.43. The highest BCUT2D eigenvalue weighted by atomic mass is 16.2. The highest BCUT2D eigenvalue weighted by molar-refractivity contribution is 5.78. The molecule has 4 nitrogen and oxygen atoms in total. The van der Waals surface area contributed by atoms with Crippen molar-refractivity contribution in [3.05, 3.63) is 0 Å². The lowest BCUT2D eigenvalue weighted by atomic mass is 9.78. The van der Waals surface area contributed by atoms with Crippen molar-refractivity contribution < 1.29 is 4.79 Å². The molecule has 122 valence electrons. The van der Waals surface area contributed by atoms with E-state index in [4.69, 9.17) is 5.73 Å². The lowest BCUT2D eigenvalue weighted by Crippen LogP contribution is -2.49. The van der Waals surface area contributed by atoms with Gasteiger partial charge in [0, 0.05) is 18.1 Å². The first-order chi connectivity index (χ1) is 9.97. The van der Waals surface area contributed by atoms with Crippen molar-refractivity contribution in [2.45, 2.75) is 76.9 Å². The Morgan fingerprint density at radius 2 is 1.81 bits per heavy atom. The van der Waals surface area contributed by atoms with Crippen molar-refractivity contribution in [3.8, 4) is 0 Å². The van der Waals surface area contributed by atoms with Crippen LogP contribution in [0.5, 0.6) is 0 Å². The molecule has 0 spiro atoms. The summed E-state index contributed by atoms with van der Waals surface area (Å²) >= 11 is 0. The van der Waals surface area contributed by atoms with Gasteiger partial charge >= 0.3 is 0 Å². The molecule has 21 heavy (non-hydrogen) atoms. The van der Waals surface area contributed by atoms with Gasteiger partial charge in [-0.25, -0.2) is 0 Å². The number of carbonyl (C=O) groups is 1. The summed E-state index contributed by atoms with van der Waals surface area (Å²) in [7, 11) is 2.08. The zero-order valence-electron chi connectivity index (χ0n) is 14.0. The molecule has 2 saturated carbocycles. The fourth-order valence-corrected chi connectivity index (χ4v) is 3.94. The maximum absolute atomic E-state index is 12.3. The van der Waals surface area contributed by atoms with Crippen LogP contribution in [0.25, 0.3) is 0 Å². The minimum atomic E-state index is 0.193. The van der Waals surface area contributed by atoms with Crippen molar-refractivity contribution in [1.29, 1.82) is 0 Å². The van der Waals surface area contributed by atoms with Crippen molar-refractivity contribution in [2.75, 3.05) is 13.6 Å². The van der Waals surface area contributed by atoms with Crippen LogP contribution in [-0.4, -0.2) is 42.5 Å². The molecule has 3 atom stereocenters. The Bertz CT molecular complexity index is 339. The molecular formula is C17H33N3O. The highest BCUT2D eigenvalue weighted by Crippen LogP contribution is 2.29. The predicted molar refractivity (Wildman–Crippen MR) is 87.0 cm³/mol. The summed E-state index contributed by atoms with van der Waals surface area (Å²) in [5.74, 6) is 1.51. The summed E-state index contributed by atoms with van der Waals surface area (Å²) in [6.45, 7) is 5.11. The molecule has 2 aliphatic carbocycles. The van der Waals surface area contributed by atoms with Gasteiger partial charge in [0.05, 0.1) is 6.54 Å². The number of likely N-dealkylation sites (N-methyl/N-ethyl adjacent to an activating group) is 1. The number of hydrogen-bond donors (Lipinski definition) is 2. The number of carbonyl (C=O) groups excluding carboxylic acids is 1. The maximum Gasteiger partial charge on any atom is 0.234 e. The van der Waals surface area contributed by atoms with Gasteiger partial charge in [-0.3, -0.25) is 9.69 Å². The molecule has 3 unspecified atom stereocenters. The standard InChI is InChI=1S/C17H33N3O/c1-12-5-4-6-16(13(12)2)19-17(21)11-20(3)15-9-7-14(18)8-10-15/h12-16H,4-11,18H2,1-3H3,(H,19,21). The number of amides is 1. The second kappa shape index (κ2) is 7.59. The summed E-state index contributed by atoms with van der Waals surface area (Å²) in [6, 6.07) is 1.26. The highest BCUT2D eigenvalue weighted by Gasteiger charge is 2.29. The van der Waals surface area contributed by atoms with Crippen LogP contribution >= 0.6 is 0 Å². The normalized spacial score (nSPS) is 37.5. The summed E-state index contributed by atoms with van der Waals surface area (Å²) in [5.41, 5.74) is 5.95. The average Bonchev–Trinajstić information content (AvgIpc) is 2.44. The molecule has 2 aliphatic rings. The SMILES string of the molecule is CC1CCCC(NC(=O)CN(C)C2CCC(N)CC2)C1C. The lowest BCUT2D eigenvalue weighted by molar-refractivity contribution is -0.124. The van der Waals surface area contributed by atoms with Crippen LogP contribution in [0.1, 0.15) is 58.8 Å². The Morgan fingerprint density at radius 3 is 2.48 bits per heavy atom. The minimum Gasteiger partial charge on any atom is -0.352 e. The van der Waals surface area contributed by atoms with Gasteiger partial charge in [0.15, 0.2) is 0 Å². The largest absolute Gasteiger partial charge is 0.352 e. The van der Waals surface area contributed by atoms with Crippen molar-refractivity contribution in [3.63, 3.8) is 0 Å². The van der Waals surface area contributed by atoms with E-state index in [1.165, 1.54) is 12.8 Å². The minimum absolute atomic E-state index is 0.193. The Morgan fingerprint density at radius 1 is 1.14 bits per heavy atom. The van der Waals surface area contributed by atoms with Crippen LogP contribution in [0.4, 0.5) is 0 Å². The monoisotopic (exact) mass is 295 g/mol. The van der Waals surface area contributed by atoms with E-state index in [-0.39, 0.29) is 5.91 Å². The van der Waals surface area contributed by atoms with E-state index >= 15 is 0 Å². The predicted octanol–water partition coefficient (Wildman–Crippen LogP) is 2.13. The molecule has 0 aromatic heterocycles. The lowest BCUT2D eigenvalue weighted by Gasteiger charge is -2.36. The molecule has 0 aromatic rings. The number of rotatable bonds is 4. The van der Waals surface area contributed by atoms with Gasteiger partial charge in [0.2, 0.25) is 5.91 Å². The summed E-state index contributed by atoms with van der Waals surface area (Å²) in [5, 5.41) is 3.27. The average molecular weight is 295 g/mol. The number of hydrogen-bond acceptors (Lipinski definition) is 3. The quantitative estimate of drug-likeness (QED) is 0.835. The molecule has 0 aliphatic heterocycles. The van der Waals surface area contributed by atoms with Crippen LogP contribution in [0.15, 0.2) is 0 Å². The number of nitrogens with zero attached hydrogens (tertiary/aromatic N) is 1. The van der Waals surface area contributed by atoms with Gasteiger partial charge in [-0.15, -0.1) is 0 Å². The van der Waals surface area contributed by atoms with Gasteiger partial charge in [0.1, 0.15) is 0 Å². The van der Waals surface area contributed by atoms with Gasteiger partial charge in [-0.1, -0.05) is 26.7 Å². The van der Waals surface area contributed by atoms with Gasteiger partial charge in [-0.2, -0.15) is 0 Å². The summed E-state index contributed by atoms with van der Waals surface area (Å²) in [6.07, 6.45) is 8.12. The first kappa shape index (κ1) is 16.8. The van der Waals surface area contributed by atoms with Crippen LogP contribution in [-0.2, 0) is 4.79 Å². The first-order valence-corrected chi connectivity index (χ1v) is 8.72. The van der Waals surface area contributed by atoms with Crippen molar-refractivity contribution in [1.82, 2.24) is 10.2 Å². The molecule has 0 bridgehead atoms. The van der Waals surface area contributed by atoms with Gasteiger partial charge in [0.25, 0.3) is 0 Å². The van der Waals surface area contributed by atoms with Crippen LogP contribution in [0.3, 0.4) is 0 Å². The Balaban J connectivity index is 1.76. The molecule has 0 saturated heterocycles. The molecular weight excluding hydrogens is 262 g/mol. The van der Waals surface area contributed by atoms with Crippen LogP contribution < -0.4 is 11.1 Å². The molecule has 0 aromatic carbocycles. The molecule has 2 fully saturated rings. The smallest absolute Gasteiger partial charge is 0.234 e. The van der Waals surface area contributed by atoms with E-state index in [0.29, 0.717) is 30.6 Å². The van der Waals surface area contributed by atoms with E-state index < -0.39 is 0 Å². The molecule has 4 heteroatoms. The van der Waals surface area contributed by atoms with Crippen molar-refractivity contribution in [2.24, 2.45) is 17.6 Å². The maximum atomic E-state index is 12.3. The first-order valence-electron chi connectivity index (χ1n) is 8.72. The van der Waals surface area contributed by atoms with Gasteiger partial charge < -0.3 is 11.1 Å².